The molecule has 2 N–H and O–H groups in total. The predicted molar refractivity (Wildman–Crippen MR) is 100 cm³/mol. The van der Waals surface area contributed by atoms with Gasteiger partial charge in [-0.25, -0.2) is 4.79 Å². The lowest BCUT2D eigenvalue weighted by Crippen LogP contribution is -2.51. The zero-order chi connectivity index (χ0) is 18.9. The molecule has 2 amide bonds. The van der Waals surface area contributed by atoms with E-state index >= 15 is 0 Å². The highest BCUT2D eigenvalue weighted by Gasteiger charge is 2.48. The molecule has 1 aromatic heterocycles. The standard InChI is InChI=1S/C18H25BrN4O3/c1-18(2,3)26-17(25)21-15(14(10-4-5-10)11-6-7-11)16(24)20-13-9-8-12(19)22-23-13/h8-11,14-15H,4-7H2,1-3H3,(H,21,25)(H,20,23,24)/t15-/m0/s1. The fourth-order valence-corrected chi connectivity index (χ4v) is 3.46. The quantitative estimate of drug-likeness (QED) is 0.728. The van der Waals surface area contributed by atoms with E-state index in [-0.39, 0.29) is 11.8 Å². The highest BCUT2D eigenvalue weighted by atomic mass is 79.9. The first-order valence-corrected chi connectivity index (χ1v) is 9.82. The normalized spacial score (nSPS) is 18.3. The summed E-state index contributed by atoms with van der Waals surface area (Å²) in [5, 5.41) is 13.4. The third-order valence-electron chi connectivity index (χ3n) is 4.56. The van der Waals surface area contributed by atoms with Gasteiger partial charge in [-0.2, -0.15) is 0 Å². The molecule has 3 rings (SSSR count). The molecule has 0 unspecified atom stereocenters. The van der Waals surface area contributed by atoms with Crippen LogP contribution in [0.1, 0.15) is 46.5 Å². The molecule has 2 aliphatic carbocycles. The van der Waals surface area contributed by atoms with Crippen LogP contribution in [0.5, 0.6) is 0 Å². The Morgan fingerprint density at radius 3 is 2.23 bits per heavy atom. The van der Waals surface area contributed by atoms with Gasteiger partial charge in [-0.15, -0.1) is 10.2 Å². The van der Waals surface area contributed by atoms with E-state index < -0.39 is 17.7 Å². The van der Waals surface area contributed by atoms with Crippen molar-refractivity contribution in [2.24, 2.45) is 17.8 Å². The van der Waals surface area contributed by atoms with Crippen LogP contribution in [0, 0.1) is 17.8 Å². The average molecular weight is 425 g/mol. The highest BCUT2D eigenvalue weighted by molar-refractivity contribution is 9.10. The van der Waals surface area contributed by atoms with Crippen LogP contribution in [-0.4, -0.2) is 33.8 Å². The first-order chi connectivity index (χ1) is 12.2. The number of hydrogen-bond donors (Lipinski definition) is 2. The molecule has 8 heteroatoms. The van der Waals surface area contributed by atoms with Gasteiger partial charge in [-0.1, -0.05) is 0 Å². The van der Waals surface area contributed by atoms with Gasteiger partial charge >= 0.3 is 6.09 Å². The summed E-state index contributed by atoms with van der Waals surface area (Å²) in [6, 6.07) is 2.75. The summed E-state index contributed by atoms with van der Waals surface area (Å²) in [6.45, 7) is 5.41. The largest absolute Gasteiger partial charge is 0.444 e. The number of alkyl carbamates (subject to hydrolysis) is 1. The van der Waals surface area contributed by atoms with E-state index in [0.717, 1.165) is 25.7 Å². The van der Waals surface area contributed by atoms with Crippen LogP contribution in [-0.2, 0) is 9.53 Å². The topological polar surface area (TPSA) is 93.2 Å². The smallest absolute Gasteiger partial charge is 0.408 e. The van der Waals surface area contributed by atoms with Crippen molar-refractivity contribution in [2.45, 2.75) is 58.1 Å². The van der Waals surface area contributed by atoms with Gasteiger partial charge in [0, 0.05) is 0 Å². The van der Waals surface area contributed by atoms with Gasteiger partial charge < -0.3 is 15.4 Å². The Balaban J connectivity index is 1.74. The number of anilines is 1. The molecule has 1 heterocycles. The predicted octanol–water partition coefficient (Wildman–Crippen LogP) is 3.51. The van der Waals surface area contributed by atoms with Crippen LogP contribution < -0.4 is 10.6 Å². The van der Waals surface area contributed by atoms with Gasteiger partial charge in [0.25, 0.3) is 0 Å². The Labute approximate surface area is 161 Å². The molecule has 2 saturated carbocycles. The molecule has 142 valence electrons. The van der Waals surface area contributed by atoms with Crippen LogP contribution in [0.15, 0.2) is 16.7 Å². The van der Waals surface area contributed by atoms with Crippen molar-refractivity contribution >= 4 is 33.7 Å². The number of carbonyl (C=O) groups is 2. The lowest BCUT2D eigenvalue weighted by molar-refractivity contribution is -0.120. The van der Waals surface area contributed by atoms with Gasteiger partial charge in [0.2, 0.25) is 5.91 Å². The molecular formula is C18H25BrN4O3. The van der Waals surface area contributed by atoms with Gasteiger partial charge in [-0.3, -0.25) is 4.79 Å². The first-order valence-electron chi connectivity index (χ1n) is 9.02. The number of nitrogens with zero attached hydrogens (tertiary/aromatic N) is 2. The van der Waals surface area contributed by atoms with Crippen LogP contribution in [0.2, 0.25) is 0 Å². The lowest BCUT2D eigenvalue weighted by atomic mass is 9.89. The maximum Gasteiger partial charge on any atom is 0.408 e. The molecule has 0 radical (unpaired) electrons. The van der Waals surface area contributed by atoms with Crippen molar-refractivity contribution in [3.63, 3.8) is 0 Å². The monoisotopic (exact) mass is 424 g/mol. The van der Waals surface area contributed by atoms with E-state index in [0.29, 0.717) is 22.3 Å². The van der Waals surface area contributed by atoms with Crippen molar-refractivity contribution < 1.29 is 14.3 Å². The van der Waals surface area contributed by atoms with Gasteiger partial charge in [0.15, 0.2) is 5.82 Å². The highest BCUT2D eigenvalue weighted by Crippen LogP contribution is 2.50. The molecule has 0 bridgehead atoms. The summed E-state index contributed by atoms with van der Waals surface area (Å²) in [5.41, 5.74) is -0.614. The van der Waals surface area contributed by atoms with E-state index in [9.17, 15) is 9.59 Å². The van der Waals surface area contributed by atoms with E-state index in [1.165, 1.54) is 0 Å². The molecular weight excluding hydrogens is 400 g/mol. The molecule has 7 nitrogen and oxygen atoms in total. The Bertz CT molecular complexity index is 654. The van der Waals surface area contributed by atoms with Crippen LogP contribution >= 0.6 is 15.9 Å². The zero-order valence-electron chi connectivity index (χ0n) is 15.3. The van der Waals surface area contributed by atoms with E-state index in [4.69, 9.17) is 4.74 Å². The molecule has 0 spiro atoms. The van der Waals surface area contributed by atoms with Crippen LogP contribution in [0.4, 0.5) is 10.6 Å². The van der Waals surface area contributed by atoms with Crippen molar-refractivity contribution in [1.29, 1.82) is 0 Å². The Kier molecular flexibility index (Phi) is 5.50. The Morgan fingerprint density at radius 1 is 1.15 bits per heavy atom. The third kappa shape index (κ3) is 5.40. The second-order valence-electron chi connectivity index (χ2n) is 8.11. The number of amides is 2. The van der Waals surface area contributed by atoms with Crippen molar-refractivity contribution in [3.05, 3.63) is 16.7 Å². The number of aromatic nitrogens is 2. The van der Waals surface area contributed by atoms with Crippen molar-refractivity contribution in [1.82, 2.24) is 15.5 Å². The fraction of sp³-hybridized carbons (Fsp3) is 0.667. The van der Waals surface area contributed by atoms with Crippen molar-refractivity contribution in [2.75, 3.05) is 5.32 Å². The average Bonchev–Trinajstić information content (AvgIpc) is 3.41. The fourth-order valence-electron chi connectivity index (χ4n) is 3.25. The first kappa shape index (κ1) is 19.1. The minimum absolute atomic E-state index is 0.144. The number of ether oxygens (including phenoxy) is 1. The van der Waals surface area contributed by atoms with Gasteiger partial charge in [0.1, 0.15) is 16.2 Å². The molecule has 0 saturated heterocycles. The SMILES string of the molecule is CC(C)(C)OC(=O)N[C@H](C(=O)Nc1ccc(Br)nn1)C(C1CC1)C1CC1. The van der Waals surface area contributed by atoms with Crippen LogP contribution in [0.3, 0.4) is 0 Å². The number of rotatable bonds is 6. The summed E-state index contributed by atoms with van der Waals surface area (Å²) in [4.78, 5) is 25.3. The zero-order valence-corrected chi connectivity index (χ0v) is 16.9. The van der Waals surface area contributed by atoms with Gasteiger partial charge in [0.05, 0.1) is 0 Å². The molecule has 2 fully saturated rings. The maximum atomic E-state index is 12.9. The van der Waals surface area contributed by atoms with E-state index in [1.54, 1.807) is 32.9 Å². The molecule has 26 heavy (non-hydrogen) atoms. The third-order valence-corrected chi connectivity index (χ3v) is 4.98. The number of nitrogens with one attached hydrogen (secondary N) is 2. The number of carbonyl (C=O) groups excluding carboxylic acids is 2. The Morgan fingerprint density at radius 2 is 1.77 bits per heavy atom. The second kappa shape index (κ2) is 7.50. The second-order valence-corrected chi connectivity index (χ2v) is 8.92. The van der Waals surface area contributed by atoms with Crippen molar-refractivity contribution in [3.8, 4) is 0 Å². The number of hydrogen-bond acceptors (Lipinski definition) is 5. The Hall–Kier alpha value is -1.70. The summed E-state index contributed by atoms with van der Waals surface area (Å²) in [5.74, 6) is 1.22. The molecule has 1 aromatic rings. The summed E-state index contributed by atoms with van der Waals surface area (Å²) >= 11 is 3.22. The van der Waals surface area contributed by atoms with E-state index in [2.05, 4.69) is 36.8 Å². The molecule has 2 aliphatic rings. The van der Waals surface area contributed by atoms with E-state index in [1.807, 2.05) is 0 Å². The molecule has 0 aromatic carbocycles. The summed E-state index contributed by atoms with van der Waals surface area (Å²) in [7, 11) is 0. The minimum Gasteiger partial charge on any atom is -0.444 e. The molecule has 0 aliphatic heterocycles. The number of halogens is 1. The minimum atomic E-state index is -0.629. The molecule has 1 atom stereocenters. The summed E-state index contributed by atoms with van der Waals surface area (Å²) < 4.78 is 5.96. The maximum absolute atomic E-state index is 12.9. The summed E-state index contributed by atoms with van der Waals surface area (Å²) in [6.07, 6.45) is 3.88. The lowest BCUT2D eigenvalue weighted by Gasteiger charge is -2.28. The van der Waals surface area contributed by atoms with Gasteiger partial charge in [-0.05, 0) is 92.3 Å². The van der Waals surface area contributed by atoms with Crippen LogP contribution in [0.25, 0.3) is 0 Å².